The fourth-order valence-electron chi connectivity index (χ4n) is 4.78. The van der Waals surface area contributed by atoms with E-state index in [4.69, 9.17) is 18.9 Å². The van der Waals surface area contributed by atoms with Gasteiger partial charge in [0.1, 0.15) is 11.8 Å². The molecule has 43 heavy (non-hydrogen) atoms. The van der Waals surface area contributed by atoms with E-state index in [0.29, 0.717) is 17.2 Å². The molecule has 1 aromatic heterocycles. The van der Waals surface area contributed by atoms with Crippen molar-refractivity contribution in [2.75, 3.05) is 20.8 Å². The molecule has 4 rings (SSSR count). The van der Waals surface area contributed by atoms with Crippen LogP contribution < -0.4 is 24.8 Å². The second-order valence-electron chi connectivity index (χ2n) is 10.1. The molecule has 1 unspecified atom stereocenters. The van der Waals surface area contributed by atoms with E-state index in [1.807, 2.05) is 49.4 Å². The summed E-state index contributed by atoms with van der Waals surface area (Å²) in [4.78, 5) is 44.3. The summed E-state index contributed by atoms with van der Waals surface area (Å²) in [6, 6.07) is 16.6. The first-order chi connectivity index (χ1) is 20.9. The molecule has 2 N–H and O–H groups in total. The summed E-state index contributed by atoms with van der Waals surface area (Å²) in [5, 5.41) is 6.01. The first-order valence-corrected chi connectivity index (χ1v) is 14.1. The third-order valence-corrected chi connectivity index (χ3v) is 7.08. The van der Waals surface area contributed by atoms with Gasteiger partial charge in [-0.25, -0.2) is 0 Å². The van der Waals surface area contributed by atoms with Gasteiger partial charge in [0, 0.05) is 31.3 Å². The molecule has 2 amide bonds. The standard InChI is InChI=1S/C33H37N3O7/c1-22-9-7-13-30(37)42-18-16-28(43-25-14-15-27(40-2)29(20-25)41-3)33(39)35-26(19-23-10-5-4-6-11-23)32(38)36-31(22)24-12-8-17-34-21-24/h4-12,14-15,17,20-22,26,28,31H,13,16,18-19H2,1-3H3,(H,35,39)(H,36,38)/b9-7+/t22-,26+,28?,31+/m0/s1. The van der Waals surface area contributed by atoms with E-state index >= 15 is 0 Å². The van der Waals surface area contributed by atoms with Crippen LogP contribution in [0, 0.1) is 5.92 Å². The number of rotatable bonds is 7. The van der Waals surface area contributed by atoms with Gasteiger partial charge in [-0.3, -0.25) is 19.4 Å². The quantitative estimate of drug-likeness (QED) is 0.315. The SMILES string of the molecule is COc1ccc(OC2CCOC(=O)C/C=C/[C@H](C)[C@H](c3cccnc3)NC(=O)[C@@H](Cc3ccccc3)NC2=O)cc1OC. The summed E-state index contributed by atoms with van der Waals surface area (Å²) in [7, 11) is 3.02. The first-order valence-electron chi connectivity index (χ1n) is 14.1. The molecule has 0 spiro atoms. The van der Waals surface area contributed by atoms with Crippen LogP contribution in [0.4, 0.5) is 0 Å². The summed E-state index contributed by atoms with van der Waals surface area (Å²) in [6.45, 7) is 1.89. The number of hydrogen-bond donors (Lipinski definition) is 2. The maximum Gasteiger partial charge on any atom is 0.309 e. The van der Waals surface area contributed by atoms with Crippen LogP contribution in [0.3, 0.4) is 0 Å². The molecule has 0 fully saturated rings. The number of benzene rings is 2. The van der Waals surface area contributed by atoms with E-state index in [1.54, 1.807) is 42.7 Å². The molecule has 10 heteroatoms. The molecular weight excluding hydrogens is 550 g/mol. The highest BCUT2D eigenvalue weighted by molar-refractivity contribution is 5.90. The lowest BCUT2D eigenvalue weighted by Crippen LogP contribution is -2.53. The third-order valence-electron chi connectivity index (χ3n) is 7.08. The largest absolute Gasteiger partial charge is 0.493 e. The van der Waals surface area contributed by atoms with Crippen molar-refractivity contribution in [2.45, 2.75) is 44.4 Å². The smallest absolute Gasteiger partial charge is 0.309 e. The molecule has 0 saturated heterocycles. The molecule has 2 aromatic carbocycles. The molecule has 4 atom stereocenters. The van der Waals surface area contributed by atoms with Gasteiger partial charge in [-0.1, -0.05) is 55.5 Å². The highest BCUT2D eigenvalue weighted by atomic mass is 16.5. The van der Waals surface area contributed by atoms with Crippen molar-refractivity contribution in [2.24, 2.45) is 5.92 Å². The average molecular weight is 588 g/mol. The predicted octanol–water partition coefficient (Wildman–Crippen LogP) is 3.96. The molecule has 1 aliphatic rings. The zero-order valence-corrected chi connectivity index (χ0v) is 24.5. The van der Waals surface area contributed by atoms with Crippen molar-refractivity contribution < 1.29 is 33.3 Å². The monoisotopic (exact) mass is 587 g/mol. The summed E-state index contributed by atoms with van der Waals surface area (Å²) in [5.41, 5.74) is 1.66. The number of carbonyl (C=O) groups is 3. The molecule has 2 heterocycles. The maximum absolute atomic E-state index is 13.9. The van der Waals surface area contributed by atoms with Crippen molar-refractivity contribution in [3.63, 3.8) is 0 Å². The van der Waals surface area contributed by atoms with Crippen LogP contribution in [0.25, 0.3) is 0 Å². The minimum atomic E-state index is -1.08. The summed E-state index contributed by atoms with van der Waals surface area (Å²) < 4.78 is 22.2. The van der Waals surface area contributed by atoms with Crippen LogP contribution in [-0.2, 0) is 25.5 Å². The van der Waals surface area contributed by atoms with E-state index < -0.39 is 30.1 Å². The van der Waals surface area contributed by atoms with Crippen LogP contribution in [0.15, 0.2) is 85.2 Å². The minimum absolute atomic E-state index is 0.0437. The van der Waals surface area contributed by atoms with E-state index in [-0.39, 0.29) is 37.7 Å². The lowest BCUT2D eigenvalue weighted by molar-refractivity contribution is -0.144. The number of ether oxygens (including phenoxy) is 4. The third kappa shape index (κ3) is 8.81. The number of hydrogen-bond acceptors (Lipinski definition) is 8. The summed E-state index contributed by atoms with van der Waals surface area (Å²) >= 11 is 0. The number of amides is 2. The van der Waals surface area contributed by atoms with Crippen molar-refractivity contribution in [3.05, 3.63) is 96.3 Å². The number of methoxy groups -OCH3 is 2. The van der Waals surface area contributed by atoms with Gasteiger partial charge in [-0.05, 0) is 35.2 Å². The Morgan fingerprint density at radius 3 is 2.44 bits per heavy atom. The Labute approximate surface area is 251 Å². The summed E-state index contributed by atoms with van der Waals surface area (Å²) in [6.07, 6.45) is 6.22. The normalized spacial score (nSPS) is 22.5. The van der Waals surface area contributed by atoms with Gasteiger partial charge in [0.2, 0.25) is 5.91 Å². The minimum Gasteiger partial charge on any atom is -0.493 e. The molecule has 0 saturated carbocycles. The molecule has 0 bridgehead atoms. The molecule has 226 valence electrons. The lowest BCUT2D eigenvalue weighted by atomic mass is 9.94. The Bertz CT molecular complexity index is 1400. The molecular formula is C33H37N3O7. The number of cyclic esters (lactones) is 1. The van der Waals surface area contributed by atoms with Gasteiger partial charge >= 0.3 is 5.97 Å². The first kappa shape index (κ1) is 31.1. The molecule has 1 aliphatic heterocycles. The van der Waals surface area contributed by atoms with Gasteiger partial charge in [0.15, 0.2) is 17.6 Å². The molecule has 3 aromatic rings. The molecule has 0 radical (unpaired) electrons. The van der Waals surface area contributed by atoms with Crippen LogP contribution in [0.5, 0.6) is 17.2 Å². The number of esters is 1. The number of pyridine rings is 1. The molecule has 10 nitrogen and oxygen atoms in total. The zero-order chi connectivity index (χ0) is 30.6. The number of nitrogens with one attached hydrogen (secondary N) is 2. The number of carbonyl (C=O) groups excluding carboxylic acids is 3. The van der Waals surface area contributed by atoms with Crippen molar-refractivity contribution in [3.8, 4) is 17.2 Å². The Hall–Kier alpha value is -4.86. The Balaban J connectivity index is 1.66. The highest BCUT2D eigenvalue weighted by Gasteiger charge is 2.30. The van der Waals surface area contributed by atoms with Gasteiger partial charge in [0.05, 0.1) is 33.3 Å². The Morgan fingerprint density at radius 2 is 1.72 bits per heavy atom. The van der Waals surface area contributed by atoms with E-state index in [9.17, 15) is 14.4 Å². The molecule has 0 aliphatic carbocycles. The fraction of sp³-hybridized carbons (Fsp3) is 0.333. The van der Waals surface area contributed by atoms with E-state index in [2.05, 4.69) is 15.6 Å². The van der Waals surface area contributed by atoms with Crippen LogP contribution in [-0.4, -0.2) is 55.7 Å². The van der Waals surface area contributed by atoms with Gasteiger partial charge in [0.25, 0.3) is 5.91 Å². The van der Waals surface area contributed by atoms with Crippen LogP contribution >= 0.6 is 0 Å². The van der Waals surface area contributed by atoms with Crippen LogP contribution in [0.1, 0.15) is 36.9 Å². The van der Waals surface area contributed by atoms with Gasteiger partial charge < -0.3 is 29.6 Å². The second-order valence-corrected chi connectivity index (χ2v) is 10.1. The average Bonchev–Trinajstić information content (AvgIpc) is 3.03. The predicted molar refractivity (Wildman–Crippen MR) is 160 cm³/mol. The Kier molecular flexibility index (Phi) is 11.1. The zero-order valence-electron chi connectivity index (χ0n) is 24.5. The summed E-state index contributed by atoms with van der Waals surface area (Å²) in [5.74, 6) is -0.250. The van der Waals surface area contributed by atoms with E-state index in [0.717, 1.165) is 11.1 Å². The lowest BCUT2D eigenvalue weighted by Gasteiger charge is -2.28. The van der Waals surface area contributed by atoms with Gasteiger partial charge in [-0.2, -0.15) is 0 Å². The topological polar surface area (TPSA) is 125 Å². The van der Waals surface area contributed by atoms with Crippen molar-refractivity contribution >= 4 is 17.8 Å². The van der Waals surface area contributed by atoms with Crippen molar-refractivity contribution in [1.29, 1.82) is 0 Å². The number of aromatic nitrogens is 1. The van der Waals surface area contributed by atoms with Crippen LogP contribution in [0.2, 0.25) is 0 Å². The second kappa shape index (κ2) is 15.4. The number of nitrogens with zero attached hydrogens (tertiary/aromatic N) is 1. The van der Waals surface area contributed by atoms with Gasteiger partial charge in [-0.15, -0.1) is 0 Å². The highest BCUT2D eigenvalue weighted by Crippen LogP contribution is 2.31. The van der Waals surface area contributed by atoms with E-state index in [1.165, 1.54) is 14.2 Å². The fourth-order valence-corrected chi connectivity index (χ4v) is 4.78. The van der Waals surface area contributed by atoms with Crippen molar-refractivity contribution in [1.82, 2.24) is 15.6 Å². The maximum atomic E-state index is 13.9. The Morgan fingerprint density at radius 1 is 0.930 bits per heavy atom.